The van der Waals surface area contributed by atoms with Crippen LogP contribution in [0.1, 0.15) is 30.4 Å². The van der Waals surface area contributed by atoms with Crippen LogP contribution in [0, 0.1) is 12.8 Å². The third-order valence-corrected chi connectivity index (χ3v) is 3.86. The summed E-state index contributed by atoms with van der Waals surface area (Å²) in [6.07, 6.45) is -1.20. The third-order valence-electron chi connectivity index (χ3n) is 3.86. The summed E-state index contributed by atoms with van der Waals surface area (Å²) in [7, 11) is 0. The van der Waals surface area contributed by atoms with Crippen molar-refractivity contribution < 1.29 is 13.2 Å². The molecule has 2 atom stereocenters. The zero-order valence-electron chi connectivity index (χ0n) is 10.9. The van der Waals surface area contributed by atoms with Gasteiger partial charge in [-0.2, -0.15) is 13.2 Å². The second kappa shape index (κ2) is 5.41. The molecule has 0 spiro atoms. The quantitative estimate of drug-likeness (QED) is 0.883. The van der Waals surface area contributed by atoms with Gasteiger partial charge in [0.2, 0.25) is 0 Å². The molecule has 2 rings (SSSR count). The molecule has 1 aliphatic carbocycles. The molecule has 0 radical (unpaired) electrons. The average molecular weight is 272 g/mol. The average Bonchev–Trinajstić information content (AvgIpc) is 2.77. The van der Waals surface area contributed by atoms with Crippen molar-refractivity contribution in [2.75, 3.05) is 11.9 Å². The summed E-state index contributed by atoms with van der Waals surface area (Å²) in [6.45, 7) is 2.06. The van der Waals surface area contributed by atoms with Crippen LogP contribution >= 0.6 is 0 Å². The van der Waals surface area contributed by atoms with Crippen molar-refractivity contribution in [1.29, 1.82) is 0 Å². The fourth-order valence-electron chi connectivity index (χ4n) is 2.74. The maximum Gasteiger partial charge on any atom is 0.416 e. The van der Waals surface area contributed by atoms with Crippen molar-refractivity contribution in [2.24, 2.45) is 11.7 Å². The van der Waals surface area contributed by atoms with Gasteiger partial charge >= 0.3 is 6.18 Å². The summed E-state index contributed by atoms with van der Waals surface area (Å²) in [5.41, 5.74) is 5.89. The van der Waals surface area contributed by atoms with Crippen LogP contribution in [0.25, 0.3) is 0 Å². The predicted octanol–water partition coefficient (Wildman–Crippen LogP) is 3.55. The molecular weight excluding hydrogens is 253 g/mol. The summed E-state index contributed by atoms with van der Waals surface area (Å²) in [6, 6.07) is 4.60. The topological polar surface area (TPSA) is 38.0 Å². The number of hydrogen-bond acceptors (Lipinski definition) is 2. The monoisotopic (exact) mass is 272 g/mol. The second-order valence-corrected chi connectivity index (χ2v) is 5.20. The maximum atomic E-state index is 12.8. The Labute approximate surface area is 111 Å². The normalized spacial score (nSPS) is 23.6. The van der Waals surface area contributed by atoms with E-state index in [1.807, 2.05) is 0 Å². The molecule has 106 valence electrons. The van der Waals surface area contributed by atoms with Crippen molar-refractivity contribution in [1.82, 2.24) is 0 Å². The number of hydrogen-bond donors (Lipinski definition) is 2. The van der Waals surface area contributed by atoms with E-state index in [1.165, 1.54) is 19.1 Å². The molecule has 0 saturated heterocycles. The highest BCUT2D eigenvalue weighted by Gasteiger charge is 2.33. The summed E-state index contributed by atoms with van der Waals surface area (Å²) in [4.78, 5) is 0. The van der Waals surface area contributed by atoms with Crippen molar-refractivity contribution in [2.45, 2.75) is 38.4 Å². The van der Waals surface area contributed by atoms with E-state index < -0.39 is 11.7 Å². The molecule has 1 saturated carbocycles. The molecule has 2 unspecified atom stereocenters. The number of rotatable bonds is 3. The zero-order chi connectivity index (χ0) is 14.0. The lowest BCUT2D eigenvalue weighted by molar-refractivity contribution is -0.138. The van der Waals surface area contributed by atoms with Crippen LogP contribution in [0.4, 0.5) is 18.9 Å². The Morgan fingerprint density at radius 2 is 2.05 bits per heavy atom. The minimum absolute atomic E-state index is 0.189. The van der Waals surface area contributed by atoms with Gasteiger partial charge < -0.3 is 11.1 Å². The van der Waals surface area contributed by atoms with Gasteiger partial charge in [-0.3, -0.25) is 0 Å². The number of nitrogens with two attached hydrogens (primary N) is 1. The molecule has 19 heavy (non-hydrogen) atoms. The van der Waals surface area contributed by atoms with Crippen LogP contribution in [0.5, 0.6) is 0 Å². The molecule has 5 heteroatoms. The Balaban J connectivity index is 2.17. The first-order chi connectivity index (χ1) is 8.91. The minimum Gasteiger partial charge on any atom is -0.382 e. The largest absolute Gasteiger partial charge is 0.416 e. The maximum absolute atomic E-state index is 12.8. The molecule has 0 aliphatic heterocycles. The molecule has 1 aliphatic rings. The highest BCUT2D eigenvalue weighted by Crippen LogP contribution is 2.34. The van der Waals surface area contributed by atoms with Gasteiger partial charge in [-0.1, -0.05) is 12.5 Å². The van der Waals surface area contributed by atoms with Crippen LogP contribution in [-0.4, -0.2) is 12.6 Å². The summed E-state index contributed by atoms with van der Waals surface area (Å²) in [5.74, 6) is 0.357. The van der Waals surface area contributed by atoms with E-state index in [4.69, 9.17) is 5.73 Å². The number of nitrogens with one attached hydrogen (secondary N) is 1. The van der Waals surface area contributed by atoms with Gasteiger partial charge in [0.15, 0.2) is 0 Å². The smallest absolute Gasteiger partial charge is 0.382 e. The zero-order valence-corrected chi connectivity index (χ0v) is 10.9. The van der Waals surface area contributed by atoms with Crippen molar-refractivity contribution in [3.05, 3.63) is 29.3 Å². The highest BCUT2D eigenvalue weighted by molar-refractivity contribution is 5.50. The van der Waals surface area contributed by atoms with Gasteiger partial charge in [-0.25, -0.2) is 0 Å². The van der Waals surface area contributed by atoms with E-state index in [1.54, 1.807) is 6.07 Å². The number of halogens is 3. The summed E-state index contributed by atoms with van der Waals surface area (Å²) < 4.78 is 38.5. The van der Waals surface area contributed by atoms with E-state index >= 15 is 0 Å². The Morgan fingerprint density at radius 3 is 2.68 bits per heavy atom. The lowest BCUT2D eigenvalue weighted by Gasteiger charge is -2.22. The van der Waals surface area contributed by atoms with E-state index in [2.05, 4.69) is 5.32 Å². The molecule has 1 fully saturated rings. The summed E-state index contributed by atoms with van der Waals surface area (Å²) in [5, 5.41) is 3.20. The predicted molar refractivity (Wildman–Crippen MR) is 70.0 cm³/mol. The Morgan fingerprint density at radius 1 is 1.32 bits per heavy atom. The van der Waals surface area contributed by atoms with Gasteiger partial charge in [0.05, 0.1) is 5.56 Å². The first-order valence-corrected chi connectivity index (χ1v) is 6.56. The molecule has 0 heterocycles. The van der Waals surface area contributed by atoms with Gasteiger partial charge in [-0.05, 0) is 49.9 Å². The molecule has 2 nitrogen and oxygen atoms in total. The first-order valence-electron chi connectivity index (χ1n) is 6.56. The first kappa shape index (κ1) is 14.2. The molecular formula is C14H19F3N2. The molecule has 3 N–H and O–H groups in total. The van der Waals surface area contributed by atoms with E-state index in [-0.39, 0.29) is 11.6 Å². The number of alkyl halides is 3. The minimum atomic E-state index is -4.30. The Bertz CT molecular complexity index is 443. The number of aryl methyl sites for hydroxylation is 1. The fourth-order valence-corrected chi connectivity index (χ4v) is 2.74. The SMILES string of the molecule is Cc1ccc(NC2CCCC2CN)cc1C(F)(F)F. The number of benzene rings is 1. The fraction of sp³-hybridized carbons (Fsp3) is 0.571. The van der Waals surface area contributed by atoms with Crippen LogP contribution < -0.4 is 11.1 Å². The molecule has 0 aromatic heterocycles. The van der Waals surface area contributed by atoms with Crippen LogP contribution in [0.2, 0.25) is 0 Å². The van der Waals surface area contributed by atoms with Crippen LogP contribution in [0.15, 0.2) is 18.2 Å². The lowest BCUT2D eigenvalue weighted by atomic mass is 10.0. The molecule has 0 amide bonds. The van der Waals surface area contributed by atoms with Crippen molar-refractivity contribution in [3.8, 4) is 0 Å². The van der Waals surface area contributed by atoms with Gasteiger partial charge in [0.1, 0.15) is 0 Å². The second-order valence-electron chi connectivity index (χ2n) is 5.20. The third kappa shape index (κ3) is 3.21. The molecule has 1 aromatic carbocycles. The van der Waals surface area contributed by atoms with Gasteiger partial charge in [0, 0.05) is 11.7 Å². The molecule has 1 aromatic rings. The van der Waals surface area contributed by atoms with Crippen LogP contribution in [-0.2, 0) is 6.18 Å². The Kier molecular flexibility index (Phi) is 4.04. The van der Waals surface area contributed by atoms with E-state index in [0.717, 1.165) is 19.3 Å². The lowest BCUT2D eigenvalue weighted by Crippen LogP contribution is -2.29. The van der Waals surface area contributed by atoms with Crippen LogP contribution in [0.3, 0.4) is 0 Å². The molecule has 0 bridgehead atoms. The highest BCUT2D eigenvalue weighted by atomic mass is 19.4. The summed E-state index contributed by atoms with van der Waals surface area (Å²) >= 11 is 0. The van der Waals surface area contributed by atoms with E-state index in [0.29, 0.717) is 18.2 Å². The van der Waals surface area contributed by atoms with Gasteiger partial charge in [-0.15, -0.1) is 0 Å². The van der Waals surface area contributed by atoms with Crippen molar-refractivity contribution in [3.63, 3.8) is 0 Å². The van der Waals surface area contributed by atoms with Gasteiger partial charge in [0.25, 0.3) is 0 Å². The van der Waals surface area contributed by atoms with Crippen molar-refractivity contribution >= 4 is 5.69 Å². The Hall–Kier alpha value is -1.23. The standard InChI is InChI=1S/C14H19F3N2/c1-9-5-6-11(7-12(9)14(15,16)17)19-13-4-2-3-10(13)8-18/h5-7,10,13,19H,2-4,8,18H2,1H3. The number of anilines is 1. The van der Waals surface area contributed by atoms with E-state index in [9.17, 15) is 13.2 Å².